The third kappa shape index (κ3) is 3.21. The average molecular weight is 238 g/mol. The number of nitrogens with one attached hydrogen (secondary N) is 1. The second kappa shape index (κ2) is 6.39. The molecule has 2 fully saturated rings. The molecule has 3 nitrogen and oxygen atoms in total. The highest BCUT2D eigenvalue weighted by molar-refractivity contribution is 5.79. The Bertz CT molecular complexity index is 243. The van der Waals surface area contributed by atoms with Crippen molar-refractivity contribution >= 4 is 5.91 Å². The lowest BCUT2D eigenvalue weighted by molar-refractivity contribution is -0.139. The maximum Gasteiger partial charge on any atom is 0.226 e. The highest BCUT2D eigenvalue weighted by Gasteiger charge is 2.32. The molecule has 0 aromatic rings. The lowest BCUT2D eigenvalue weighted by Crippen LogP contribution is -2.60. The molecule has 0 unspecified atom stereocenters. The van der Waals surface area contributed by atoms with Crippen LogP contribution >= 0.6 is 0 Å². The Balaban J connectivity index is 1.93. The van der Waals surface area contributed by atoms with Crippen molar-refractivity contribution in [3.05, 3.63) is 0 Å². The van der Waals surface area contributed by atoms with Gasteiger partial charge in [0.15, 0.2) is 0 Å². The van der Waals surface area contributed by atoms with Gasteiger partial charge in [-0.1, -0.05) is 32.6 Å². The second-order valence-electron chi connectivity index (χ2n) is 5.53. The first-order valence-electron chi connectivity index (χ1n) is 7.34. The molecule has 3 heteroatoms. The summed E-state index contributed by atoms with van der Waals surface area (Å²) in [6.45, 7) is 5.11. The molecule has 1 N–H and O–H groups in total. The SMILES string of the molecule is CCCN(C(=O)C1CCCCCC1)C1CNC1. The minimum atomic E-state index is 0.324. The summed E-state index contributed by atoms with van der Waals surface area (Å²) in [5.41, 5.74) is 0. The summed E-state index contributed by atoms with van der Waals surface area (Å²) in [6, 6.07) is 0.478. The lowest BCUT2D eigenvalue weighted by atomic mass is 9.97. The zero-order chi connectivity index (χ0) is 12.1. The first-order chi connectivity index (χ1) is 8.33. The Morgan fingerprint density at radius 2 is 1.82 bits per heavy atom. The van der Waals surface area contributed by atoms with E-state index in [0.717, 1.165) is 38.9 Å². The van der Waals surface area contributed by atoms with Crippen LogP contribution in [0.4, 0.5) is 0 Å². The molecule has 2 rings (SSSR count). The predicted molar refractivity (Wildman–Crippen MR) is 69.9 cm³/mol. The lowest BCUT2D eigenvalue weighted by Gasteiger charge is -2.40. The van der Waals surface area contributed by atoms with Gasteiger partial charge in [0, 0.05) is 25.6 Å². The third-order valence-electron chi connectivity index (χ3n) is 4.15. The molecule has 1 amide bonds. The van der Waals surface area contributed by atoms with E-state index in [9.17, 15) is 4.79 Å². The largest absolute Gasteiger partial charge is 0.337 e. The van der Waals surface area contributed by atoms with Crippen LogP contribution in [0.5, 0.6) is 0 Å². The van der Waals surface area contributed by atoms with Gasteiger partial charge in [-0.3, -0.25) is 4.79 Å². The van der Waals surface area contributed by atoms with Crippen molar-refractivity contribution in [1.82, 2.24) is 10.2 Å². The number of carbonyl (C=O) groups excluding carboxylic acids is 1. The number of nitrogens with zero attached hydrogens (tertiary/aromatic N) is 1. The van der Waals surface area contributed by atoms with Crippen LogP contribution in [0, 0.1) is 5.92 Å². The fraction of sp³-hybridized carbons (Fsp3) is 0.929. The second-order valence-corrected chi connectivity index (χ2v) is 5.53. The fourth-order valence-corrected chi connectivity index (χ4v) is 2.97. The molecule has 1 saturated heterocycles. The topological polar surface area (TPSA) is 32.3 Å². The number of rotatable bonds is 4. The van der Waals surface area contributed by atoms with Gasteiger partial charge in [-0.25, -0.2) is 0 Å². The van der Waals surface area contributed by atoms with Crippen molar-refractivity contribution in [2.75, 3.05) is 19.6 Å². The molecule has 17 heavy (non-hydrogen) atoms. The summed E-state index contributed by atoms with van der Waals surface area (Å²) in [6.07, 6.45) is 8.47. The summed E-state index contributed by atoms with van der Waals surface area (Å²) >= 11 is 0. The predicted octanol–water partition coefficient (Wildman–Crippen LogP) is 2.17. The molecule has 1 aliphatic carbocycles. The van der Waals surface area contributed by atoms with E-state index >= 15 is 0 Å². The van der Waals surface area contributed by atoms with E-state index < -0.39 is 0 Å². The number of carbonyl (C=O) groups is 1. The Kier molecular flexibility index (Phi) is 4.84. The van der Waals surface area contributed by atoms with Crippen molar-refractivity contribution in [3.63, 3.8) is 0 Å². The van der Waals surface area contributed by atoms with Crippen LogP contribution in [0.25, 0.3) is 0 Å². The molecule has 0 atom stereocenters. The van der Waals surface area contributed by atoms with E-state index in [4.69, 9.17) is 0 Å². The van der Waals surface area contributed by atoms with E-state index in [0.29, 0.717) is 17.9 Å². The molecule has 0 radical (unpaired) electrons. The van der Waals surface area contributed by atoms with Crippen molar-refractivity contribution in [2.24, 2.45) is 5.92 Å². The van der Waals surface area contributed by atoms with Gasteiger partial charge in [-0.15, -0.1) is 0 Å². The summed E-state index contributed by atoms with van der Waals surface area (Å²) < 4.78 is 0. The minimum absolute atomic E-state index is 0.324. The van der Waals surface area contributed by atoms with Crippen molar-refractivity contribution in [3.8, 4) is 0 Å². The molecule has 2 aliphatic rings. The molecule has 0 aromatic heterocycles. The van der Waals surface area contributed by atoms with Gasteiger partial charge >= 0.3 is 0 Å². The Labute approximate surface area is 105 Å². The van der Waals surface area contributed by atoms with Crippen LogP contribution in [0.3, 0.4) is 0 Å². The van der Waals surface area contributed by atoms with Crippen LogP contribution in [0.2, 0.25) is 0 Å². The van der Waals surface area contributed by atoms with E-state index in [-0.39, 0.29) is 0 Å². The van der Waals surface area contributed by atoms with Crippen LogP contribution in [-0.4, -0.2) is 36.5 Å². The molecule has 1 aliphatic heterocycles. The molecule has 0 aromatic carbocycles. The Morgan fingerprint density at radius 3 is 2.29 bits per heavy atom. The summed E-state index contributed by atoms with van der Waals surface area (Å²) in [4.78, 5) is 14.7. The summed E-state index contributed by atoms with van der Waals surface area (Å²) in [7, 11) is 0. The molecule has 0 spiro atoms. The molecular formula is C14H26N2O. The van der Waals surface area contributed by atoms with Crippen molar-refractivity contribution < 1.29 is 4.79 Å². The van der Waals surface area contributed by atoms with Gasteiger partial charge in [0.25, 0.3) is 0 Å². The summed E-state index contributed by atoms with van der Waals surface area (Å²) in [5.74, 6) is 0.768. The normalized spacial score (nSPS) is 22.9. The number of amides is 1. The summed E-state index contributed by atoms with van der Waals surface area (Å²) in [5, 5.41) is 3.28. The maximum absolute atomic E-state index is 12.6. The molecule has 1 saturated carbocycles. The van der Waals surface area contributed by atoms with Crippen LogP contribution in [-0.2, 0) is 4.79 Å². The van der Waals surface area contributed by atoms with Crippen LogP contribution < -0.4 is 5.32 Å². The van der Waals surface area contributed by atoms with Gasteiger partial charge in [-0.2, -0.15) is 0 Å². The monoisotopic (exact) mass is 238 g/mol. The Hall–Kier alpha value is -0.570. The average Bonchev–Trinajstić information content (AvgIpc) is 2.53. The van der Waals surface area contributed by atoms with Crippen LogP contribution in [0.15, 0.2) is 0 Å². The first-order valence-corrected chi connectivity index (χ1v) is 7.34. The maximum atomic E-state index is 12.6. The van der Waals surface area contributed by atoms with Crippen molar-refractivity contribution in [2.45, 2.75) is 57.9 Å². The van der Waals surface area contributed by atoms with Gasteiger partial charge < -0.3 is 10.2 Å². The third-order valence-corrected chi connectivity index (χ3v) is 4.15. The molecule has 0 bridgehead atoms. The molecule has 98 valence electrons. The van der Waals surface area contributed by atoms with E-state index in [1.165, 1.54) is 25.7 Å². The van der Waals surface area contributed by atoms with E-state index in [1.807, 2.05) is 0 Å². The van der Waals surface area contributed by atoms with Gasteiger partial charge in [0.1, 0.15) is 0 Å². The van der Waals surface area contributed by atoms with Gasteiger partial charge in [0.2, 0.25) is 5.91 Å². The van der Waals surface area contributed by atoms with Crippen LogP contribution in [0.1, 0.15) is 51.9 Å². The standard InChI is InChI=1S/C14H26N2O/c1-2-9-16(13-10-15-11-13)14(17)12-7-5-3-4-6-8-12/h12-13,15H,2-11H2,1H3. The zero-order valence-electron chi connectivity index (χ0n) is 11.1. The van der Waals surface area contributed by atoms with E-state index in [1.54, 1.807) is 0 Å². The quantitative estimate of drug-likeness (QED) is 0.761. The molecule has 1 heterocycles. The highest BCUT2D eigenvalue weighted by atomic mass is 16.2. The first kappa shape index (κ1) is 12.9. The fourth-order valence-electron chi connectivity index (χ4n) is 2.97. The number of hydrogen-bond donors (Lipinski definition) is 1. The van der Waals surface area contributed by atoms with Gasteiger partial charge in [-0.05, 0) is 19.3 Å². The molecular weight excluding hydrogens is 212 g/mol. The smallest absolute Gasteiger partial charge is 0.226 e. The Morgan fingerprint density at radius 1 is 1.18 bits per heavy atom. The minimum Gasteiger partial charge on any atom is -0.337 e. The van der Waals surface area contributed by atoms with E-state index in [2.05, 4.69) is 17.1 Å². The van der Waals surface area contributed by atoms with Crippen molar-refractivity contribution in [1.29, 1.82) is 0 Å². The zero-order valence-corrected chi connectivity index (χ0v) is 11.1. The number of hydrogen-bond acceptors (Lipinski definition) is 2. The highest BCUT2D eigenvalue weighted by Crippen LogP contribution is 2.25. The van der Waals surface area contributed by atoms with Gasteiger partial charge in [0.05, 0.1) is 6.04 Å².